The molecule has 1 aliphatic heterocycles. The summed E-state index contributed by atoms with van der Waals surface area (Å²) >= 11 is 2.97. The maximum atomic E-state index is 13.0. The Hall–Kier alpha value is -1.64. The Bertz CT molecular complexity index is 620. The first-order valence-corrected chi connectivity index (χ1v) is 6.94. The van der Waals surface area contributed by atoms with Gasteiger partial charge in [0.2, 0.25) is 0 Å². The molecule has 0 bridgehead atoms. The number of carboxylic acid groups (broad SMARTS) is 1. The first kappa shape index (κ1) is 16.7. The van der Waals surface area contributed by atoms with Crippen molar-refractivity contribution in [3.63, 3.8) is 0 Å². The third-order valence-corrected chi connectivity index (χ3v) is 4.16. The van der Waals surface area contributed by atoms with Crippen LogP contribution in [-0.2, 0) is 4.79 Å². The predicted octanol–water partition coefficient (Wildman–Crippen LogP) is 2.92. The number of hydrogen-bond acceptors (Lipinski definition) is 2. The van der Waals surface area contributed by atoms with Crippen LogP contribution in [0.3, 0.4) is 0 Å². The molecule has 1 amide bonds. The van der Waals surface area contributed by atoms with Gasteiger partial charge in [-0.2, -0.15) is 13.2 Å². The van der Waals surface area contributed by atoms with Crippen LogP contribution in [0.5, 0.6) is 0 Å². The lowest BCUT2D eigenvalue weighted by molar-refractivity contribution is -0.187. The number of aliphatic carboxylic acids is 1. The van der Waals surface area contributed by atoms with Gasteiger partial charge >= 0.3 is 12.1 Å². The van der Waals surface area contributed by atoms with E-state index in [9.17, 15) is 27.2 Å². The molecule has 0 spiro atoms. The van der Waals surface area contributed by atoms with E-state index < -0.39 is 48.8 Å². The van der Waals surface area contributed by atoms with Crippen molar-refractivity contribution in [3.05, 3.63) is 34.1 Å². The molecule has 0 aromatic heterocycles. The Balaban J connectivity index is 2.27. The summed E-state index contributed by atoms with van der Waals surface area (Å²) in [6, 6.07) is 3.15. The summed E-state index contributed by atoms with van der Waals surface area (Å²) < 4.78 is 51.7. The molecule has 0 radical (unpaired) electrons. The Morgan fingerprint density at radius 2 is 1.91 bits per heavy atom. The van der Waals surface area contributed by atoms with Gasteiger partial charge in [-0.25, -0.2) is 4.39 Å². The highest BCUT2D eigenvalue weighted by Crippen LogP contribution is 2.38. The van der Waals surface area contributed by atoms with Crippen LogP contribution in [0, 0.1) is 17.7 Å². The molecule has 22 heavy (non-hydrogen) atoms. The second-order valence-electron chi connectivity index (χ2n) is 4.93. The van der Waals surface area contributed by atoms with Gasteiger partial charge in [0.1, 0.15) is 5.82 Å². The van der Waals surface area contributed by atoms with Crippen molar-refractivity contribution in [1.29, 1.82) is 0 Å². The third kappa shape index (κ3) is 3.23. The fourth-order valence-corrected chi connectivity index (χ4v) is 2.91. The summed E-state index contributed by atoms with van der Waals surface area (Å²) in [7, 11) is 0. The van der Waals surface area contributed by atoms with Crippen molar-refractivity contribution in [1.82, 2.24) is 4.90 Å². The number of benzene rings is 1. The van der Waals surface area contributed by atoms with Gasteiger partial charge in [0.15, 0.2) is 0 Å². The standard InChI is InChI=1S/C13H10BrF4NO3/c14-10-3-6(15)1-2-7(10)11(20)19-4-8(12(21)22)9(5-19)13(16,17)18/h1-3,8-9H,4-5H2,(H,21,22)/t8-,9-/m1/s1. The number of carbonyl (C=O) groups is 2. The molecule has 2 rings (SSSR count). The Kier molecular flexibility index (Phi) is 4.46. The number of carbonyl (C=O) groups excluding carboxylic acids is 1. The van der Waals surface area contributed by atoms with E-state index in [0.29, 0.717) is 0 Å². The highest BCUT2D eigenvalue weighted by Gasteiger charge is 2.53. The number of halogens is 5. The number of amides is 1. The zero-order chi connectivity index (χ0) is 16.7. The maximum Gasteiger partial charge on any atom is 0.394 e. The molecule has 1 fully saturated rings. The first-order chi connectivity index (χ1) is 10.1. The van der Waals surface area contributed by atoms with Crippen molar-refractivity contribution >= 4 is 27.8 Å². The molecule has 1 saturated heterocycles. The minimum Gasteiger partial charge on any atom is -0.481 e. The van der Waals surface area contributed by atoms with Gasteiger partial charge < -0.3 is 10.0 Å². The number of nitrogens with zero attached hydrogens (tertiary/aromatic N) is 1. The second kappa shape index (κ2) is 5.86. The van der Waals surface area contributed by atoms with Crippen LogP contribution in [0.25, 0.3) is 0 Å². The lowest BCUT2D eigenvalue weighted by atomic mass is 9.96. The lowest BCUT2D eigenvalue weighted by Gasteiger charge is -2.18. The maximum absolute atomic E-state index is 13.0. The van der Waals surface area contributed by atoms with E-state index in [0.717, 1.165) is 23.1 Å². The van der Waals surface area contributed by atoms with Crippen LogP contribution < -0.4 is 0 Å². The summed E-state index contributed by atoms with van der Waals surface area (Å²) in [5.74, 6) is -6.81. The van der Waals surface area contributed by atoms with Crippen LogP contribution in [-0.4, -0.2) is 41.1 Å². The van der Waals surface area contributed by atoms with Crippen molar-refractivity contribution in [2.24, 2.45) is 11.8 Å². The van der Waals surface area contributed by atoms with Gasteiger partial charge in [-0.1, -0.05) is 0 Å². The molecule has 1 N–H and O–H groups in total. The van der Waals surface area contributed by atoms with Gasteiger partial charge in [0.25, 0.3) is 5.91 Å². The fraction of sp³-hybridized carbons (Fsp3) is 0.385. The SMILES string of the molecule is O=C(O)[C@@H]1CN(C(=O)c2ccc(F)cc2Br)C[C@H]1C(F)(F)F. The Morgan fingerprint density at radius 3 is 2.36 bits per heavy atom. The minimum atomic E-state index is -4.71. The van der Waals surface area contributed by atoms with Crippen LogP contribution in [0.2, 0.25) is 0 Å². The highest BCUT2D eigenvalue weighted by molar-refractivity contribution is 9.10. The molecule has 9 heteroatoms. The van der Waals surface area contributed by atoms with Crippen LogP contribution in [0.4, 0.5) is 17.6 Å². The molecular formula is C13H10BrF4NO3. The van der Waals surface area contributed by atoms with Gasteiger partial charge in [-0.3, -0.25) is 9.59 Å². The van der Waals surface area contributed by atoms with Gasteiger partial charge in [0.05, 0.1) is 17.4 Å². The van der Waals surface area contributed by atoms with Crippen molar-refractivity contribution < 1.29 is 32.3 Å². The average Bonchev–Trinajstić information content (AvgIpc) is 2.83. The molecule has 4 nitrogen and oxygen atoms in total. The number of hydrogen-bond donors (Lipinski definition) is 1. The molecule has 1 aliphatic rings. The topological polar surface area (TPSA) is 57.6 Å². The summed E-state index contributed by atoms with van der Waals surface area (Å²) in [4.78, 5) is 24.0. The smallest absolute Gasteiger partial charge is 0.394 e. The third-order valence-electron chi connectivity index (χ3n) is 3.51. The number of alkyl halides is 3. The predicted molar refractivity (Wildman–Crippen MR) is 70.7 cm³/mol. The molecule has 1 aromatic rings. The molecule has 0 unspecified atom stereocenters. The van der Waals surface area contributed by atoms with E-state index in [-0.39, 0.29) is 10.0 Å². The van der Waals surface area contributed by atoms with E-state index in [1.165, 1.54) is 0 Å². The van der Waals surface area contributed by atoms with E-state index in [2.05, 4.69) is 15.9 Å². The Morgan fingerprint density at radius 1 is 1.27 bits per heavy atom. The molecule has 1 heterocycles. The largest absolute Gasteiger partial charge is 0.481 e. The molecule has 120 valence electrons. The average molecular weight is 384 g/mol. The van der Waals surface area contributed by atoms with Crippen LogP contribution in [0.1, 0.15) is 10.4 Å². The van der Waals surface area contributed by atoms with Crippen molar-refractivity contribution in [3.8, 4) is 0 Å². The highest BCUT2D eigenvalue weighted by atomic mass is 79.9. The summed E-state index contributed by atoms with van der Waals surface area (Å²) in [6.45, 7) is -1.27. The van der Waals surface area contributed by atoms with Crippen molar-refractivity contribution in [2.75, 3.05) is 13.1 Å². The second-order valence-corrected chi connectivity index (χ2v) is 5.78. The van der Waals surface area contributed by atoms with Crippen LogP contribution in [0.15, 0.2) is 22.7 Å². The minimum absolute atomic E-state index is 0.0200. The van der Waals surface area contributed by atoms with E-state index in [4.69, 9.17) is 5.11 Å². The molecular weight excluding hydrogens is 374 g/mol. The fourth-order valence-electron chi connectivity index (χ4n) is 2.38. The quantitative estimate of drug-likeness (QED) is 0.798. The summed E-state index contributed by atoms with van der Waals surface area (Å²) in [6.07, 6.45) is -4.71. The van der Waals surface area contributed by atoms with E-state index >= 15 is 0 Å². The monoisotopic (exact) mass is 383 g/mol. The number of rotatable bonds is 2. The zero-order valence-electron chi connectivity index (χ0n) is 10.9. The first-order valence-electron chi connectivity index (χ1n) is 6.15. The molecule has 1 aromatic carbocycles. The normalized spacial score (nSPS) is 22.0. The molecule has 0 aliphatic carbocycles. The molecule has 0 saturated carbocycles. The van der Waals surface area contributed by atoms with E-state index in [1.54, 1.807) is 0 Å². The van der Waals surface area contributed by atoms with Gasteiger partial charge in [-0.05, 0) is 34.1 Å². The summed E-state index contributed by atoms with van der Waals surface area (Å²) in [5, 5.41) is 8.91. The number of likely N-dealkylation sites (tertiary alicyclic amines) is 1. The van der Waals surface area contributed by atoms with E-state index in [1.807, 2.05) is 0 Å². The lowest BCUT2D eigenvalue weighted by Crippen LogP contribution is -2.34. The van der Waals surface area contributed by atoms with Crippen LogP contribution >= 0.6 is 15.9 Å². The summed E-state index contributed by atoms with van der Waals surface area (Å²) in [5.41, 5.74) is -0.0200. The van der Waals surface area contributed by atoms with Gasteiger partial charge in [0, 0.05) is 17.6 Å². The molecule has 2 atom stereocenters. The zero-order valence-corrected chi connectivity index (χ0v) is 12.5. The Labute approximate surface area is 130 Å². The van der Waals surface area contributed by atoms with Crippen molar-refractivity contribution in [2.45, 2.75) is 6.18 Å². The number of carboxylic acids is 1. The van der Waals surface area contributed by atoms with Gasteiger partial charge in [-0.15, -0.1) is 0 Å².